The minimum atomic E-state index is -0.766. The van der Waals surface area contributed by atoms with Crippen molar-refractivity contribution < 1.29 is 9.59 Å². The molecule has 1 aliphatic heterocycles. The lowest BCUT2D eigenvalue weighted by Crippen LogP contribution is -2.68. The zero-order valence-corrected chi connectivity index (χ0v) is 12.6. The van der Waals surface area contributed by atoms with Crippen LogP contribution in [-0.4, -0.2) is 46.3 Å². The Hall–Kier alpha value is -0.710. The number of amides is 2. The molecule has 0 spiro atoms. The summed E-state index contributed by atoms with van der Waals surface area (Å²) in [6.45, 7) is 8.35. The minimum absolute atomic E-state index is 0.0112. The Bertz CT molecular complexity index is 318. The SMILES string of the molecule is CCCC1C(=O)NC(C)(C)C(=O)N1CCSCC. The zero-order chi connectivity index (χ0) is 13.8. The topological polar surface area (TPSA) is 49.4 Å². The lowest BCUT2D eigenvalue weighted by Gasteiger charge is -2.42. The summed E-state index contributed by atoms with van der Waals surface area (Å²) in [6.07, 6.45) is 1.65. The highest BCUT2D eigenvalue weighted by atomic mass is 32.2. The van der Waals surface area contributed by atoms with Crippen molar-refractivity contribution in [1.82, 2.24) is 10.2 Å². The molecule has 1 saturated heterocycles. The number of nitrogens with one attached hydrogen (secondary N) is 1. The summed E-state index contributed by atoms with van der Waals surface area (Å²) in [6, 6.07) is -0.284. The molecule has 0 aromatic rings. The molecule has 1 N–H and O–H groups in total. The molecule has 0 bridgehead atoms. The molecule has 1 aliphatic rings. The van der Waals surface area contributed by atoms with Crippen molar-refractivity contribution >= 4 is 23.6 Å². The maximum absolute atomic E-state index is 12.4. The third-order valence-corrected chi connectivity index (χ3v) is 4.03. The number of hydrogen-bond donors (Lipinski definition) is 1. The molecule has 1 rings (SSSR count). The van der Waals surface area contributed by atoms with Crippen molar-refractivity contribution in [2.45, 2.75) is 52.1 Å². The van der Waals surface area contributed by atoms with Crippen LogP contribution >= 0.6 is 11.8 Å². The van der Waals surface area contributed by atoms with E-state index in [1.807, 2.05) is 6.92 Å². The van der Waals surface area contributed by atoms with Crippen molar-refractivity contribution in [3.63, 3.8) is 0 Å². The maximum atomic E-state index is 12.4. The fraction of sp³-hybridized carbons (Fsp3) is 0.846. The van der Waals surface area contributed by atoms with Crippen molar-refractivity contribution in [3.05, 3.63) is 0 Å². The van der Waals surface area contributed by atoms with Crippen molar-refractivity contribution in [2.24, 2.45) is 0 Å². The monoisotopic (exact) mass is 272 g/mol. The largest absolute Gasteiger partial charge is 0.340 e. The van der Waals surface area contributed by atoms with Gasteiger partial charge in [0.05, 0.1) is 0 Å². The van der Waals surface area contributed by atoms with Gasteiger partial charge in [-0.25, -0.2) is 0 Å². The molecule has 5 heteroatoms. The fourth-order valence-electron chi connectivity index (χ4n) is 2.21. The van der Waals surface area contributed by atoms with Crippen LogP contribution in [0.15, 0.2) is 0 Å². The van der Waals surface area contributed by atoms with Gasteiger partial charge >= 0.3 is 0 Å². The van der Waals surface area contributed by atoms with Crippen LogP contribution in [0.4, 0.5) is 0 Å². The second kappa shape index (κ2) is 6.45. The average Bonchev–Trinajstić information content (AvgIpc) is 2.29. The van der Waals surface area contributed by atoms with E-state index < -0.39 is 5.54 Å². The van der Waals surface area contributed by atoms with E-state index in [1.54, 1.807) is 30.5 Å². The summed E-state index contributed by atoms with van der Waals surface area (Å²) in [7, 11) is 0. The molecule has 0 aromatic heterocycles. The Balaban J connectivity index is 2.80. The highest BCUT2D eigenvalue weighted by molar-refractivity contribution is 7.99. The third-order valence-electron chi connectivity index (χ3n) is 3.15. The number of rotatable bonds is 6. The smallest absolute Gasteiger partial charge is 0.248 e. The predicted molar refractivity (Wildman–Crippen MR) is 75.6 cm³/mol. The molecule has 0 aliphatic carbocycles. The number of hydrogen-bond acceptors (Lipinski definition) is 3. The van der Waals surface area contributed by atoms with E-state index >= 15 is 0 Å². The molecule has 1 fully saturated rings. The van der Waals surface area contributed by atoms with E-state index in [4.69, 9.17) is 0 Å². The van der Waals surface area contributed by atoms with Gasteiger partial charge in [-0.15, -0.1) is 0 Å². The quantitative estimate of drug-likeness (QED) is 0.748. The second-order valence-electron chi connectivity index (χ2n) is 5.11. The molecule has 0 aromatic carbocycles. The van der Waals surface area contributed by atoms with Crippen LogP contribution in [-0.2, 0) is 9.59 Å². The third kappa shape index (κ3) is 3.40. The normalized spacial score (nSPS) is 23.1. The molecule has 2 amide bonds. The first-order chi connectivity index (χ1) is 8.44. The van der Waals surface area contributed by atoms with Gasteiger partial charge in [0.15, 0.2) is 0 Å². The van der Waals surface area contributed by atoms with E-state index in [2.05, 4.69) is 12.2 Å². The fourth-order valence-corrected chi connectivity index (χ4v) is 2.83. The van der Waals surface area contributed by atoms with E-state index in [-0.39, 0.29) is 17.9 Å². The Kier molecular flexibility index (Phi) is 5.50. The van der Waals surface area contributed by atoms with Crippen LogP contribution in [0.1, 0.15) is 40.5 Å². The average molecular weight is 272 g/mol. The maximum Gasteiger partial charge on any atom is 0.248 e. The summed E-state index contributed by atoms with van der Waals surface area (Å²) in [4.78, 5) is 26.2. The summed E-state index contributed by atoms with van der Waals surface area (Å²) in [5, 5.41) is 2.82. The molecule has 18 heavy (non-hydrogen) atoms. The van der Waals surface area contributed by atoms with Crippen molar-refractivity contribution in [1.29, 1.82) is 0 Å². The van der Waals surface area contributed by atoms with Gasteiger partial charge < -0.3 is 10.2 Å². The predicted octanol–water partition coefficient (Wildman–Crippen LogP) is 1.65. The summed E-state index contributed by atoms with van der Waals surface area (Å²) < 4.78 is 0. The standard InChI is InChI=1S/C13H24N2O2S/c1-5-7-10-11(16)14-13(3,4)12(17)15(10)8-9-18-6-2/h10H,5-9H2,1-4H3,(H,14,16). The summed E-state index contributed by atoms with van der Waals surface area (Å²) in [5.41, 5.74) is -0.766. The highest BCUT2D eigenvalue weighted by Gasteiger charge is 2.44. The van der Waals surface area contributed by atoms with Gasteiger partial charge in [0.1, 0.15) is 11.6 Å². The van der Waals surface area contributed by atoms with Gasteiger partial charge in [0, 0.05) is 12.3 Å². The molecule has 1 atom stereocenters. The van der Waals surface area contributed by atoms with Gasteiger partial charge in [-0.05, 0) is 26.0 Å². The first-order valence-electron chi connectivity index (χ1n) is 6.64. The summed E-state index contributed by atoms with van der Waals surface area (Å²) in [5.74, 6) is 1.96. The first-order valence-corrected chi connectivity index (χ1v) is 7.80. The molecule has 4 nitrogen and oxygen atoms in total. The number of nitrogens with zero attached hydrogens (tertiary/aromatic N) is 1. The number of piperazine rings is 1. The lowest BCUT2D eigenvalue weighted by molar-refractivity contribution is -0.153. The Morgan fingerprint density at radius 1 is 1.33 bits per heavy atom. The van der Waals surface area contributed by atoms with Gasteiger partial charge in [-0.2, -0.15) is 11.8 Å². The Labute approximate surface area is 114 Å². The highest BCUT2D eigenvalue weighted by Crippen LogP contribution is 2.21. The molecule has 0 saturated carbocycles. The molecule has 1 heterocycles. The Morgan fingerprint density at radius 3 is 2.56 bits per heavy atom. The lowest BCUT2D eigenvalue weighted by atomic mass is 9.95. The number of carbonyl (C=O) groups is 2. The van der Waals surface area contributed by atoms with E-state index in [0.717, 1.165) is 24.3 Å². The van der Waals surface area contributed by atoms with Gasteiger partial charge in [0.2, 0.25) is 11.8 Å². The minimum Gasteiger partial charge on any atom is -0.340 e. The molecule has 1 unspecified atom stereocenters. The van der Waals surface area contributed by atoms with E-state index in [0.29, 0.717) is 6.54 Å². The van der Waals surface area contributed by atoms with Crippen LogP contribution in [0.3, 0.4) is 0 Å². The Morgan fingerprint density at radius 2 is 2.00 bits per heavy atom. The van der Waals surface area contributed by atoms with E-state index in [1.165, 1.54) is 0 Å². The van der Waals surface area contributed by atoms with Crippen LogP contribution in [0.2, 0.25) is 0 Å². The molecule has 0 radical (unpaired) electrons. The van der Waals surface area contributed by atoms with E-state index in [9.17, 15) is 9.59 Å². The number of thioether (sulfide) groups is 1. The second-order valence-corrected chi connectivity index (χ2v) is 6.51. The van der Waals surface area contributed by atoms with Gasteiger partial charge in [0.25, 0.3) is 0 Å². The van der Waals surface area contributed by atoms with Crippen LogP contribution in [0.25, 0.3) is 0 Å². The van der Waals surface area contributed by atoms with Crippen LogP contribution in [0, 0.1) is 0 Å². The van der Waals surface area contributed by atoms with Gasteiger partial charge in [-0.3, -0.25) is 9.59 Å². The van der Waals surface area contributed by atoms with Crippen LogP contribution < -0.4 is 5.32 Å². The molecule has 104 valence electrons. The van der Waals surface area contributed by atoms with Gasteiger partial charge in [-0.1, -0.05) is 20.3 Å². The summed E-state index contributed by atoms with van der Waals surface area (Å²) >= 11 is 1.80. The first kappa shape index (κ1) is 15.3. The molecular formula is C13H24N2O2S. The van der Waals surface area contributed by atoms with Crippen molar-refractivity contribution in [2.75, 3.05) is 18.1 Å². The van der Waals surface area contributed by atoms with Crippen molar-refractivity contribution in [3.8, 4) is 0 Å². The van der Waals surface area contributed by atoms with Crippen LogP contribution in [0.5, 0.6) is 0 Å². The number of carbonyl (C=O) groups excluding carboxylic acids is 2. The molecular weight excluding hydrogens is 248 g/mol. The zero-order valence-electron chi connectivity index (χ0n) is 11.8.